The summed E-state index contributed by atoms with van der Waals surface area (Å²) < 4.78 is 11.1. The number of carbonyl (C=O) groups excluding carboxylic acids is 2. The van der Waals surface area contributed by atoms with Crippen LogP contribution in [0.4, 0.5) is 5.69 Å². The number of nitrogens with zero attached hydrogens (tertiary/aromatic N) is 2. The van der Waals surface area contributed by atoms with Crippen LogP contribution in [0.2, 0.25) is 5.02 Å². The zero-order chi connectivity index (χ0) is 23.3. The topological polar surface area (TPSA) is 91.3 Å². The SMILES string of the molecule is C#CCOc1ccc(/C=C2\SC(=Nc3ccc(Cl)c(C(=O)[O-])c3)N(C)C2=O)cc1OCC. The number of rotatable bonds is 7. The van der Waals surface area contributed by atoms with Crippen molar-refractivity contribution >= 4 is 52.2 Å². The Kier molecular flexibility index (Phi) is 7.46. The summed E-state index contributed by atoms with van der Waals surface area (Å²) in [5.41, 5.74) is 0.903. The van der Waals surface area contributed by atoms with Gasteiger partial charge in [-0.25, -0.2) is 4.99 Å². The van der Waals surface area contributed by atoms with Crippen molar-refractivity contribution in [3.63, 3.8) is 0 Å². The second-order valence-corrected chi connectivity index (χ2v) is 7.87. The van der Waals surface area contributed by atoms with Gasteiger partial charge in [0, 0.05) is 17.6 Å². The summed E-state index contributed by atoms with van der Waals surface area (Å²) in [6, 6.07) is 9.56. The van der Waals surface area contributed by atoms with Crippen LogP contribution in [0.5, 0.6) is 11.5 Å². The molecule has 2 aromatic carbocycles. The molecule has 0 N–H and O–H groups in total. The molecule has 0 saturated carbocycles. The minimum Gasteiger partial charge on any atom is -0.545 e. The number of carbonyl (C=O) groups is 2. The van der Waals surface area contributed by atoms with Gasteiger partial charge in [0.25, 0.3) is 5.91 Å². The summed E-state index contributed by atoms with van der Waals surface area (Å²) >= 11 is 7.04. The van der Waals surface area contributed by atoms with E-state index in [1.54, 1.807) is 37.4 Å². The minimum absolute atomic E-state index is 0.0535. The minimum atomic E-state index is -1.40. The standard InChI is InChI=1S/C23H19ClN2O5S/c1-4-10-31-18-9-6-14(11-19(18)30-5-2)12-20-21(27)26(3)23(32-20)25-15-7-8-17(24)16(13-15)22(28)29/h1,6-9,11-13H,5,10H2,2-3H3,(H,28,29)/p-1/b20-12-,25-23?. The van der Waals surface area contributed by atoms with Gasteiger partial charge in [-0.2, -0.15) is 0 Å². The molecule has 0 aromatic heterocycles. The molecule has 164 valence electrons. The number of benzene rings is 2. The molecule has 1 heterocycles. The number of carboxylic acid groups (broad SMARTS) is 1. The molecular weight excluding hydrogens is 452 g/mol. The molecule has 0 aliphatic carbocycles. The van der Waals surface area contributed by atoms with Gasteiger partial charge >= 0.3 is 0 Å². The summed E-state index contributed by atoms with van der Waals surface area (Å²) in [6.07, 6.45) is 6.96. The normalized spacial score (nSPS) is 15.8. The number of hydrogen-bond acceptors (Lipinski definition) is 7. The van der Waals surface area contributed by atoms with Crippen LogP contribution in [0, 0.1) is 12.3 Å². The van der Waals surface area contributed by atoms with Gasteiger partial charge in [0.05, 0.1) is 23.2 Å². The zero-order valence-electron chi connectivity index (χ0n) is 17.3. The largest absolute Gasteiger partial charge is 0.545 e. The number of terminal acetylenes is 1. The molecule has 2 aromatic rings. The molecule has 0 unspecified atom stereocenters. The Morgan fingerprint density at radius 1 is 1.28 bits per heavy atom. The first-order valence-electron chi connectivity index (χ1n) is 9.44. The fraction of sp³-hybridized carbons (Fsp3) is 0.174. The highest BCUT2D eigenvalue weighted by Crippen LogP contribution is 2.35. The van der Waals surface area contributed by atoms with Crippen molar-refractivity contribution in [1.82, 2.24) is 4.90 Å². The average Bonchev–Trinajstić information content (AvgIpc) is 3.02. The van der Waals surface area contributed by atoms with Crippen molar-refractivity contribution in [2.45, 2.75) is 6.92 Å². The van der Waals surface area contributed by atoms with Crippen LogP contribution in [-0.4, -0.2) is 42.2 Å². The van der Waals surface area contributed by atoms with E-state index in [1.165, 1.54) is 28.8 Å². The lowest BCUT2D eigenvalue weighted by atomic mass is 10.2. The third-order valence-corrected chi connectivity index (χ3v) is 5.66. The number of thioether (sulfide) groups is 1. The fourth-order valence-corrected chi connectivity index (χ4v) is 3.96. The number of amidine groups is 1. The summed E-state index contributed by atoms with van der Waals surface area (Å²) in [5.74, 6) is 1.80. The van der Waals surface area contributed by atoms with Gasteiger partial charge in [-0.15, -0.1) is 6.42 Å². The van der Waals surface area contributed by atoms with Crippen LogP contribution in [0.1, 0.15) is 22.8 Å². The van der Waals surface area contributed by atoms with Crippen LogP contribution in [-0.2, 0) is 4.79 Å². The van der Waals surface area contributed by atoms with Gasteiger partial charge in [-0.1, -0.05) is 23.6 Å². The van der Waals surface area contributed by atoms with Crippen molar-refractivity contribution in [3.05, 3.63) is 57.5 Å². The van der Waals surface area contributed by atoms with Crippen molar-refractivity contribution in [1.29, 1.82) is 0 Å². The number of aliphatic imine (C=N–C) groups is 1. The van der Waals surface area contributed by atoms with E-state index in [-0.39, 0.29) is 23.1 Å². The first-order chi connectivity index (χ1) is 15.3. The Hall–Kier alpha value is -3.41. The molecule has 0 bridgehead atoms. The summed E-state index contributed by atoms with van der Waals surface area (Å²) in [4.78, 5) is 30.1. The molecule has 0 spiro atoms. The molecule has 1 aliphatic heterocycles. The Labute approximate surface area is 194 Å². The number of aromatic carboxylic acids is 1. The lowest BCUT2D eigenvalue weighted by Crippen LogP contribution is -2.24. The van der Waals surface area contributed by atoms with Crippen molar-refractivity contribution < 1.29 is 24.2 Å². The molecule has 1 aliphatic rings. The van der Waals surface area contributed by atoms with Gasteiger partial charge in [-0.3, -0.25) is 9.69 Å². The van der Waals surface area contributed by atoms with E-state index in [1.807, 2.05) is 6.92 Å². The van der Waals surface area contributed by atoms with E-state index >= 15 is 0 Å². The summed E-state index contributed by atoms with van der Waals surface area (Å²) in [7, 11) is 1.59. The highest BCUT2D eigenvalue weighted by molar-refractivity contribution is 8.18. The van der Waals surface area contributed by atoms with E-state index in [0.29, 0.717) is 33.9 Å². The molecular formula is C23H18ClN2O5S-. The average molecular weight is 470 g/mol. The summed E-state index contributed by atoms with van der Waals surface area (Å²) in [6.45, 7) is 2.41. The molecule has 0 radical (unpaired) electrons. The second kappa shape index (κ2) is 10.3. The molecule has 1 fully saturated rings. The zero-order valence-corrected chi connectivity index (χ0v) is 18.8. The molecule has 7 nitrogen and oxygen atoms in total. The molecule has 32 heavy (non-hydrogen) atoms. The quantitative estimate of drug-likeness (QED) is 0.456. The Morgan fingerprint density at radius 2 is 2.06 bits per heavy atom. The van der Waals surface area contributed by atoms with Crippen LogP contribution in [0.3, 0.4) is 0 Å². The maximum atomic E-state index is 12.7. The molecule has 0 atom stereocenters. The second-order valence-electron chi connectivity index (χ2n) is 6.45. The van der Waals surface area contributed by atoms with Crippen molar-refractivity contribution in [2.24, 2.45) is 4.99 Å². The lowest BCUT2D eigenvalue weighted by Gasteiger charge is -2.11. The van der Waals surface area contributed by atoms with Crippen LogP contribution in [0.15, 0.2) is 46.3 Å². The van der Waals surface area contributed by atoms with Crippen LogP contribution < -0.4 is 14.6 Å². The Balaban J connectivity index is 1.89. The van der Waals surface area contributed by atoms with Crippen molar-refractivity contribution in [3.8, 4) is 23.8 Å². The highest BCUT2D eigenvalue weighted by Gasteiger charge is 2.30. The molecule has 3 rings (SSSR count). The number of likely N-dealkylation sites (N-methyl/N-ethyl adjacent to an activating group) is 1. The van der Waals surface area contributed by atoms with Gasteiger partial charge < -0.3 is 19.4 Å². The van der Waals surface area contributed by atoms with E-state index in [4.69, 9.17) is 27.5 Å². The maximum absolute atomic E-state index is 12.7. The Morgan fingerprint density at radius 3 is 2.75 bits per heavy atom. The first kappa shape index (κ1) is 23.3. The van der Waals surface area contributed by atoms with E-state index in [0.717, 1.165) is 5.56 Å². The molecule has 9 heteroatoms. The number of ether oxygens (including phenoxy) is 2. The third kappa shape index (κ3) is 5.25. The fourth-order valence-electron chi connectivity index (χ4n) is 2.77. The predicted molar refractivity (Wildman–Crippen MR) is 123 cm³/mol. The van der Waals surface area contributed by atoms with Gasteiger partial charge in [0.15, 0.2) is 16.7 Å². The molecule has 1 saturated heterocycles. The number of carboxylic acids is 1. The third-order valence-electron chi connectivity index (χ3n) is 4.27. The summed E-state index contributed by atoms with van der Waals surface area (Å²) in [5, 5.41) is 11.6. The number of hydrogen-bond donors (Lipinski definition) is 0. The number of amides is 1. The molecule has 1 amide bonds. The van der Waals surface area contributed by atoms with Gasteiger partial charge in [-0.05, 0) is 60.7 Å². The monoisotopic (exact) mass is 469 g/mol. The van der Waals surface area contributed by atoms with Crippen LogP contribution in [0.25, 0.3) is 6.08 Å². The highest BCUT2D eigenvalue weighted by atomic mass is 35.5. The van der Waals surface area contributed by atoms with Gasteiger partial charge in [0.2, 0.25) is 0 Å². The van der Waals surface area contributed by atoms with E-state index in [2.05, 4.69) is 10.9 Å². The van der Waals surface area contributed by atoms with E-state index < -0.39 is 5.97 Å². The number of halogens is 1. The predicted octanol–water partition coefficient (Wildman–Crippen LogP) is 3.35. The van der Waals surface area contributed by atoms with E-state index in [9.17, 15) is 14.7 Å². The maximum Gasteiger partial charge on any atom is 0.266 e. The van der Waals surface area contributed by atoms with Crippen molar-refractivity contribution in [2.75, 3.05) is 20.3 Å². The van der Waals surface area contributed by atoms with Gasteiger partial charge in [0.1, 0.15) is 6.61 Å². The Bertz CT molecular complexity index is 1170. The first-order valence-corrected chi connectivity index (χ1v) is 10.6. The lowest BCUT2D eigenvalue weighted by molar-refractivity contribution is -0.255. The van der Waals surface area contributed by atoms with Crippen LogP contribution >= 0.6 is 23.4 Å². The smallest absolute Gasteiger partial charge is 0.266 e.